The van der Waals surface area contributed by atoms with E-state index in [4.69, 9.17) is 11.6 Å². The van der Waals surface area contributed by atoms with Gasteiger partial charge in [-0.1, -0.05) is 32.4 Å². The van der Waals surface area contributed by atoms with E-state index in [9.17, 15) is 9.90 Å². The molecule has 1 atom stereocenters. The maximum Gasteiger partial charge on any atom is 0.228 e. The summed E-state index contributed by atoms with van der Waals surface area (Å²) in [4.78, 5) is 11.3. The highest BCUT2D eigenvalue weighted by molar-refractivity contribution is 6.32. The van der Waals surface area contributed by atoms with Crippen LogP contribution in [0.3, 0.4) is 0 Å². The molecule has 0 aliphatic carbocycles. The third kappa shape index (κ3) is 2.31. The summed E-state index contributed by atoms with van der Waals surface area (Å²) in [6.45, 7) is 5.85. The van der Waals surface area contributed by atoms with Gasteiger partial charge in [0.25, 0.3) is 0 Å². The molecule has 4 heteroatoms. The van der Waals surface area contributed by atoms with E-state index in [1.807, 2.05) is 26.8 Å². The summed E-state index contributed by atoms with van der Waals surface area (Å²) >= 11 is 6.15. The zero-order valence-corrected chi connectivity index (χ0v) is 10.9. The Balaban J connectivity index is 2.44. The molecule has 1 aromatic carbocycles. The molecular weight excluding hydrogens is 238 g/mol. The molecule has 1 aliphatic rings. The average Bonchev–Trinajstić information content (AvgIpc) is 2.53. The predicted octanol–water partition coefficient (Wildman–Crippen LogP) is 2.91. The lowest BCUT2D eigenvalue weighted by Gasteiger charge is -2.27. The number of carbonyl (C=O) groups excluding carboxylic acids is 1. The van der Waals surface area contributed by atoms with Crippen LogP contribution in [0.15, 0.2) is 12.1 Å². The van der Waals surface area contributed by atoms with Crippen molar-refractivity contribution in [1.29, 1.82) is 0 Å². The van der Waals surface area contributed by atoms with Crippen LogP contribution in [0.2, 0.25) is 5.02 Å². The minimum atomic E-state index is -0.643. The first-order valence-corrected chi connectivity index (χ1v) is 5.97. The topological polar surface area (TPSA) is 49.3 Å². The van der Waals surface area contributed by atoms with Gasteiger partial charge in [0.15, 0.2) is 0 Å². The fourth-order valence-corrected chi connectivity index (χ4v) is 2.21. The monoisotopic (exact) mass is 253 g/mol. The summed E-state index contributed by atoms with van der Waals surface area (Å²) < 4.78 is 0. The van der Waals surface area contributed by atoms with Gasteiger partial charge in [0.1, 0.15) is 0 Å². The fraction of sp³-hybridized carbons (Fsp3) is 0.462. The van der Waals surface area contributed by atoms with Crippen molar-refractivity contribution in [2.24, 2.45) is 5.41 Å². The first-order chi connectivity index (χ1) is 7.79. The molecule has 0 fully saturated rings. The molecule has 2 rings (SSSR count). The molecule has 17 heavy (non-hydrogen) atoms. The van der Waals surface area contributed by atoms with Gasteiger partial charge in [-0.05, 0) is 23.1 Å². The number of rotatable bonds is 1. The zero-order valence-electron chi connectivity index (χ0n) is 10.2. The number of nitrogens with one attached hydrogen (secondary N) is 1. The van der Waals surface area contributed by atoms with Gasteiger partial charge in [-0.15, -0.1) is 0 Å². The van der Waals surface area contributed by atoms with Crippen molar-refractivity contribution in [1.82, 2.24) is 0 Å². The average molecular weight is 254 g/mol. The number of fused-ring (bicyclic) bond motifs is 1. The summed E-state index contributed by atoms with van der Waals surface area (Å²) in [7, 11) is 0. The summed E-state index contributed by atoms with van der Waals surface area (Å²) in [6.07, 6.45) is -0.285. The van der Waals surface area contributed by atoms with Gasteiger partial charge in [-0.2, -0.15) is 0 Å². The number of benzene rings is 1. The summed E-state index contributed by atoms with van der Waals surface area (Å²) in [6, 6.07) is 3.54. The van der Waals surface area contributed by atoms with E-state index in [2.05, 4.69) is 5.32 Å². The van der Waals surface area contributed by atoms with Crippen molar-refractivity contribution < 1.29 is 9.90 Å². The molecule has 1 amide bonds. The second kappa shape index (κ2) is 4.00. The molecule has 3 nitrogen and oxygen atoms in total. The molecule has 92 valence electrons. The van der Waals surface area contributed by atoms with Crippen LogP contribution < -0.4 is 5.32 Å². The Morgan fingerprint density at radius 2 is 2.06 bits per heavy atom. The number of hydrogen-bond acceptors (Lipinski definition) is 2. The molecule has 0 saturated carbocycles. The molecule has 0 bridgehead atoms. The van der Waals surface area contributed by atoms with Crippen molar-refractivity contribution >= 4 is 23.2 Å². The van der Waals surface area contributed by atoms with E-state index in [0.717, 1.165) is 11.3 Å². The van der Waals surface area contributed by atoms with Gasteiger partial charge >= 0.3 is 0 Å². The lowest BCUT2D eigenvalue weighted by Crippen LogP contribution is -2.18. The van der Waals surface area contributed by atoms with E-state index in [-0.39, 0.29) is 11.3 Å². The van der Waals surface area contributed by atoms with Crippen LogP contribution in [0.4, 0.5) is 5.69 Å². The molecule has 2 N–H and O–H groups in total. The first-order valence-electron chi connectivity index (χ1n) is 5.59. The van der Waals surface area contributed by atoms with E-state index in [1.54, 1.807) is 6.07 Å². The highest BCUT2D eigenvalue weighted by atomic mass is 35.5. The number of anilines is 1. The largest absolute Gasteiger partial charge is 0.388 e. The van der Waals surface area contributed by atoms with Crippen LogP contribution in [0.1, 0.15) is 38.0 Å². The Bertz CT molecular complexity index is 477. The van der Waals surface area contributed by atoms with Crippen LogP contribution in [-0.4, -0.2) is 11.0 Å². The minimum Gasteiger partial charge on any atom is -0.388 e. The van der Waals surface area contributed by atoms with Crippen LogP contribution in [0, 0.1) is 5.41 Å². The predicted molar refractivity (Wildman–Crippen MR) is 68.2 cm³/mol. The van der Waals surface area contributed by atoms with E-state index in [1.165, 1.54) is 0 Å². The number of aliphatic hydroxyl groups excluding tert-OH is 1. The molecule has 1 unspecified atom stereocenters. The van der Waals surface area contributed by atoms with E-state index in [0.29, 0.717) is 17.0 Å². The highest BCUT2D eigenvalue weighted by Gasteiger charge is 2.28. The third-order valence-electron chi connectivity index (χ3n) is 2.96. The summed E-state index contributed by atoms with van der Waals surface area (Å²) in [5.41, 5.74) is 2.06. The van der Waals surface area contributed by atoms with Gasteiger partial charge in [-0.25, -0.2) is 0 Å². The Morgan fingerprint density at radius 3 is 2.65 bits per heavy atom. The Morgan fingerprint density at radius 1 is 1.41 bits per heavy atom. The SMILES string of the molecule is CC(C)(C)C(O)c1cc2c(cc1Cl)NC(=O)C2. The van der Waals surface area contributed by atoms with Crippen LogP contribution in [-0.2, 0) is 11.2 Å². The van der Waals surface area contributed by atoms with Crippen molar-refractivity contribution in [3.8, 4) is 0 Å². The van der Waals surface area contributed by atoms with Crippen molar-refractivity contribution in [2.75, 3.05) is 5.32 Å². The minimum absolute atomic E-state index is 0.0292. The first kappa shape index (κ1) is 12.4. The molecule has 1 aliphatic heterocycles. The molecule has 0 radical (unpaired) electrons. The van der Waals surface area contributed by atoms with Gasteiger partial charge in [0.05, 0.1) is 12.5 Å². The van der Waals surface area contributed by atoms with Crippen LogP contribution in [0.5, 0.6) is 0 Å². The number of hydrogen-bond donors (Lipinski definition) is 2. The Kier molecular flexibility index (Phi) is 2.92. The maximum absolute atomic E-state index is 11.3. The molecule has 1 heterocycles. The Hall–Kier alpha value is -1.06. The van der Waals surface area contributed by atoms with Crippen molar-refractivity contribution in [2.45, 2.75) is 33.3 Å². The smallest absolute Gasteiger partial charge is 0.228 e. The molecule has 0 spiro atoms. The van der Waals surface area contributed by atoms with Crippen molar-refractivity contribution in [3.63, 3.8) is 0 Å². The van der Waals surface area contributed by atoms with Gasteiger partial charge in [0, 0.05) is 16.3 Å². The highest BCUT2D eigenvalue weighted by Crippen LogP contribution is 2.39. The van der Waals surface area contributed by atoms with E-state index < -0.39 is 6.10 Å². The fourth-order valence-electron chi connectivity index (χ4n) is 1.94. The maximum atomic E-state index is 11.3. The molecule has 0 aromatic heterocycles. The van der Waals surface area contributed by atoms with Gasteiger partial charge < -0.3 is 10.4 Å². The third-order valence-corrected chi connectivity index (χ3v) is 3.29. The van der Waals surface area contributed by atoms with Crippen LogP contribution in [0.25, 0.3) is 0 Å². The lowest BCUT2D eigenvalue weighted by atomic mass is 9.84. The molecule has 1 aromatic rings. The number of halogens is 1. The van der Waals surface area contributed by atoms with Gasteiger partial charge in [0.2, 0.25) is 5.91 Å². The standard InChI is InChI=1S/C13H16ClNO2/c1-13(2,3)12(17)8-4-7-5-11(16)15-10(7)6-9(8)14/h4,6,12,17H,5H2,1-3H3,(H,15,16). The van der Waals surface area contributed by atoms with Gasteiger partial charge in [-0.3, -0.25) is 4.79 Å². The normalized spacial score (nSPS) is 16.6. The summed E-state index contributed by atoms with van der Waals surface area (Å²) in [5.74, 6) is -0.0292. The number of amides is 1. The van der Waals surface area contributed by atoms with E-state index >= 15 is 0 Å². The second-order valence-electron chi connectivity index (χ2n) is 5.52. The second-order valence-corrected chi connectivity index (χ2v) is 5.93. The lowest BCUT2D eigenvalue weighted by molar-refractivity contribution is -0.115. The number of carbonyl (C=O) groups is 1. The molecular formula is C13H16ClNO2. The Labute approximate surface area is 106 Å². The van der Waals surface area contributed by atoms with Crippen LogP contribution >= 0.6 is 11.6 Å². The zero-order chi connectivity index (χ0) is 12.8. The number of aliphatic hydroxyl groups is 1. The summed E-state index contributed by atoms with van der Waals surface area (Å²) in [5, 5.41) is 13.5. The quantitative estimate of drug-likeness (QED) is 0.809. The molecule has 0 saturated heterocycles. The van der Waals surface area contributed by atoms with Crippen molar-refractivity contribution in [3.05, 3.63) is 28.3 Å².